The molecule has 0 spiro atoms. The molecule has 3 N–H and O–H groups in total. The highest BCUT2D eigenvalue weighted by Crippen LogP contribution is 2.27. The van der Waals surface area contributed by atoms with Crippen LogP contribution >= 0.6 is 11.3 Å². The van der Waals surface area contributed by atoms with Crippen LogP contribution in [0.5, 0.6) is 11.5 Å². The number of hydrazone groups is 1. The summed E-state index contributed by atoms with van der Waals surface area (Å²) in [7, 11) is 0. The van der Waals surface area contributed by atoms with Gasteiger partial charge in [0, 0.05) is 5.38 Å². The zero-order chi connectivity index (χ0) is 18.6. The van der Waals surface area contributed by atoms with Crippen LogP contribution < -0.4 is 15.9 Å². The van der Waals surface area contributed by atoms with Gasteiger partial charge in [-0.2, -0.15) is 5.10 Å². The topological polar surface area (TPSA) is 72.5 Å². The van der Waals surface area contributed by atoms with E-state index in [9.17, 15) is 0 Å². The second kappa shape index (κ2) is 7.58. The zero-order valence-corrected chi connectivity index (χ0v) is 15.9. The highest BCUT2D eigenvalue weighted by atomic mass is 32.1. The molecule has 0 aliphatic rings. The summed E-state index contributed by atoms with van der Waals surface area (Å²) in [5.41, 5.74) is 10.8. The summed E-state index contributed by atoms with van der Waals surface area (Å²) < 4.78 is 5.90. The highest BCUT2D eigenvalue weighted by molar-refractivity contribution is 7.14. The summed E-state index contributed by atoms with van der Waals surface area (Å²) in [5, 5.41) is 6.57. The zero-order valence-electron chi connectivity index (χ0n) is 15.1. The number of aromatic nitrogens is 1. The van der Waals surface area contributed by atoms with Crippen LogP contribution in [0.1, 0.15) is 31.9 Å². The minimum absolute atomic E-state index is 0.137. The SMILES string of the molecule is CC(C)(C)c1ccc(Oc2ccc(C=NNc3nc(N)cs3)cc2)cc1. The molecule has 0 radical (unpaired) electrons. The molecule has 5 nitrogen and oxygen atoms in total. The molecule has 0 unspecified atom stereocenters. The van der Waals surface area contributed by atoms with Crippen LogP contribution in [-0.2, 0) is 5.41 Å². The summed E-state index contributed by atoms with van der Waals surface area (Å²) in [6.07, 6.45) is 1.72. The Bertz CT molecular complexity index is 877. The summed E-state index contributed by atoms with van der Waals surface area (Å²) >= 11 is 1.41. The maximum Gasteiger partial charge on any atom is 0.205 e. The number of hydrogen-bond acceptors (Lipinski definition) is 6. The largest absolute Gasteiger partial charge is 0.457 e. The van der Waals surface area contributed by atoms with E-state index in [0.717, 1.165) is 17.1 Å². The van der Waals surface area contributed by atoms with Gasteiger partial charge in [-0.3, -0.25) is 5.43 Å². The molecular weight excluding hydrogens is 344 g/mol. The number of rotatable bonds is 5. The Hall–Kier alpha value is -2.86. The number of nitrogen functional groups attached to an aromatic ring is 1. The van der Waals surface area contributed by atoms with Crippen LogP contribution in [0.25, 0.3) is 0 Å². The molecule has 26 heavy (non-hydrogen) atoms. The van der Waals surface area contributed by atoms with Crippen LogP contribution in [0.2, 0.25) is 0 Å². The first-order valence-electron chi connectivity index (χ1n) is 8.29. The normalized spacial score (nSPS) is 11.7. The fourth-order valence-corrected chi connectivity index (χ4v) is 2.83. The maximum atomic E-state index is 5.90. The lowest BCUT2D eigenvalue weighted by Crippen LogP contribution is -2.10. The molecule has 0 aliphatic carbocycles. The fraction of sp³-hybridized carbons (Fsp3) is 0.200. The maximum absolute atomic E-state index is 5.90. The Kier molecular flexibility index (Phi) is 5.23. The third-order valence-corrected chi connectivity index (χ3v) is 4.50. The minimum Gasteiger partial charge on any atom is -0.457 e. The summed E-state index contributed by atoms with van der Waals surface area (Å²) in [6, 6.07) is 15.9. The third-order valence-electron chi connectivity index (χ3n) is 3.73. The monoisotopic (exact) mass is 366 g/mol. The smallest absolute Gasteiger partial charge is 0.205 e. The molecule has 0 atom stereocenters. The lowest BCUT2D eigenvalue weighted by atomic mass is 9.87. The van der Waals surface area contributed by atoms with Gasteiger partial charge in [0.05, 0.1) is 6.21 Å². The highest BCUT2D eigenvalue weighted by Gasteiger charge is 2.13. The summed E-state index contributed by atoms with van der Waals surface area (Å²) in [4.78, 5) is 4.08. The third kappa shape index (κ3) is 4.83. The van der Waals surface area contributed by atoms with E-state index in [4.69, 9.17) is 10.5 Å². The molecule has 0 aliphatic heterocycles. The first-order chi connectivity index (χ1) is 12.4. The first-order valence-corrected chi connectivity index (χ1v) is 9.17. The summed E-state index contributed by atoms with van der Waals surface area (Å²) in [5.74, 6) is 2.10. The number of nitrogens with zero attached hydrogens (tertiary/aromatic N) is 2. The number of nitrogens with one attached hydrogen (secondary N) is 1. The van der Waals surface area contributed by atoms with Crippen LogP contribution in [-0.4, -0.2) is 11.2 Å². The van der Waals surface area contributed by atoms with Crippen LogP contribution in [0.15, 0.2) is 59.0 Å². The molecule has 3 aromatic rings. The average Bonchev–Trinajstić information content (AvgIpc) is 3.01. The van der Waals surface area contributed by atoms with Gasteiger partial charge < -0.3 is 10.5 Å². The molecule has 0 fully saturated rings. The number of anilines is 2. The first kappa shape index (κ1) is 17.9. The van der Waals surface area contributed by atoms with Crippen molar-refractivity contribution < 1.29 is 4.74 Å². The van der Waals surface area contributed by atoms with E-state index in [1.54, 1.807) is 11.6 Å². The second-order valence-electron chi connectivity index (χ2n) is 6.89. The van der Waals surface area contributed by atoms with Gasteiger partial charge in [0.2, 0.25) is 5.13 Å². The number of thiazole rings is 1. The van der Waals surface area contributed by atoms with Gasteiger partial charge >= 0.3 is 0 Å². The Morgan fingerprint density at radius 3 is 2.19 bits per heavy atom. The molecule has 2 aromatic carbocycles. The minimum atomic E-state index is 0.137. The predicted molar refractivity (Wildman–Crippen MR) is 109 cm³/mol. The van der Waals surface area contributed by atoms with Crippen molar-refractivity contribution in [3.05, 3.63) is 65.0 Å². The molecular formula is C20H22N4OS. The van der Waals surface area contributed by atoms with Gasteiger partial charge in [0.25, 0.3) is 0 Å². The Balaban J connectivity index is 1.59. The number of ether oxygens (including phenoxy) is 1. The second-order valence-corrected chi connectivity index (χ2v) is 7.75. The van der Waals surface area contributed by atoms with Crippen molar-refractivity contribution in [2.75, 3.05) is 11.2 Å². The van der Waals surface area contributed by atoms with Gasteiger partial charge in [0.1, 0.15) is 17.3 Å². The van der Waals surface area contributed by atoms with Crippen LogP contribution in [0, 0.1) is 0 Å². The van der Waals surface area contributed by atoms with Crippen molar-refractivity contribution in [1.29, 1.82) is 0 Å². The van der Waals surface area contributed by atoms with Gasteiger partial charge in [-0.05, 0) is 52.9 Å². The molecule has 6 heteroatoms. The van der Waals surface area contributed by atoms with Crippen molar-refractivity contribution in [2.24, 2.45) is 5.10 Å². The van der Waals surface area contributed by atoms with Crippen molar-refractivity contribution in [3.63, 3.8) is 0 Å². The number of nitrogens with two attached hydrogens (primary N) is 1. The standard InChI is InChI=1S/C20H22N4OS/c1-20(2,3)15-6-10-17(11-7-15)25-16-8-4-14(5-9-16)12-22-24-19-23-18(21)13-26-19/h4-13H,21H2,1-3H3,(H,23,24). The van der Waals surface area contributed by atoms with Gasteiger partial charge in [0.15, 0.2) is 0 Å². The van der Waals surface area contributed by atoms with Gasteiger partial charge in [-0.25, -0.2) is 4.98 Å². The van der Waals surface area contributed by atoms with E-state index in [1.165, 1.54) is 16.9 Å². The number of benzene rings is 2. The Labute approximate surface area is 157 Å². The molecule has 1 aromatic heterocycles. The van der Waals surface area contributed by atoms with Crippen LogP contribution in [0.4, 0.5) is 10.9 Å². The van der Waals surface area contributed by atoms with Crippen molar-refractivity contribution >= 4 is 28.5 Å². The number of hydrogen-bond donors (Lipinski definition) is 2. The lowest BCUT2D eigenvalue weighted by Gasteiger charge is -2.19. The molecule has 0 bridgehead atoms. The van der Waals surface area contributed by atoms with Crippen molar-refractivity contribution in [2.45, 2.75) is 26.2 Å². The molecule has 0 saturated heterocycles. The fourth-order valence-electron chi connectivity index (χ4n) is 2.28. The Morgan fingerprint density at radius 2 is 1.65 bits per heavy atom. The molecule has 0 saturated carbocycles. The van der Waals surface area contributed by atoms with Crippen LogP contribution in [0.3, 0.4) is 0 Å². The van der Waals surface area contributed by atoms with E-state index in [0.29, 0.717) is 10.9 Å². The van der Waals surface area contributed by atoms with E-state index >= 15 is 0 Å². The molecule has 1 heterocycles. The van der Waals surface area contributed by atoms with E-state index < -0.39 is 0 Å². The van der Waals surface area contributed by atoms with Crippen molar-refractivity contribution in [3.8, 4) is 11.5 Å². The van der Waals surface area contributed by atoms with Gasteiger partial charge in [-0.15, -0.1) is 11.3 Å². The Morgan fingerprint density at radius 1 is 1.04 bits per heavy atom. The van der Waals surface area contributed by atoms with Gasteiger partial charge in [-0.1, -0.05) is 32.9 Å². The summed E-state index contributed by atoms with van der Waals surface area (Å²) in [6.45, 7) is 6.59. The van der Waals surface area contributed by atoms with Crippen molar-refractivity contribution in [1.82, 2.24) is 4.98 Å². The average molecular weight is 366 g/mol. The predicted octanol–water partition coefficient (Wildman–Crippen LogP) is 5.26. The molecule has 0 amide bonds. The van der Waals surface area contributed by atoms with E-state index in [-0.39, 0.29) is 5.41 Å². The quantitative estimate of drug-likeness (QED) is 0.477. The molecule has 134 valence electrons. The lowest BCUT2D eigenvalue weighted by molar-refractivity contribution is 0.481. The van der Waals surface area contributed by atoms with E-state index in [1.807, 2.05) is 36.4 Å². The molecule has 3 rings (SSSR count). The van der Waals surface area contributed by atoms with E-state index in [2.05, 4.69) is 48.4 Å².